The molecular formula is C20H28O4. The molecule has 0 fully saturated rings. The monoisotopic (exact) mass is 332 g/mol. The number of hydrogen-bond donors (Lipinski definition) is 0. The van der Waals surface area contributed by atoms with E-state index in [0.29, 0.717) is 17.7 Å². The van der Waals surface area contributed by atoms with Gasteiger partial charge in [0.1, 0.15) is 5.75 Å². The second kappa shape index (κ2) is 12.3. The predicted octanol–water partition coefficient (Wildman–Crippen LogP) is 4.73. The van der Waals surface area contributed by atoms with E-state index in [-0.39, 0.29) is 18.4 Å². The molecule has 0 atom stereocenters. The normalized spacial score (nSPS) is 10.2. The number of rotatable bonds is 13. The van der Waals surface area contributed by atoms with Gasteiger partial charge in [-0.2, -0.15) is 0 Å². The molecule has 132 valence electrons. The summed E-state index contributed by atoms with van der Waals surface area (Å²) >= 11 is 0. The van der Waals surface area contributed by atoms with Crippen LogP contribution in [0.4, 0.5) is 0 Å². The highest BCUT2D eigenvalue weighted by Crippen LogP contribution is 2.13. The molecule has 0 N–H and O–H groups in total. The topological polar surface area (TPSA) is 52.6 Å². The summed E-state index contributed by atoms with van der Waals surface area (Å²) in [6, 6.07) is 6.83. The van der Waals surface area contributed by atoms with Gasteiger partial charge in [-0.1, -0.05) is 43.9 Å². The number of esters is 1. The molecule has 1 rings (SSSR count). The number of ether oxygens (including phenoxy) is 2. The van der Waals surface area contributed by atoms with Gasteiger partial charge in [0.15, 0.2) is 12.4 Å². The van der Waals surface area contributed by atoms with Gasteiger partial charge in [0, 0.05) is 12.0 Å². The highest BCUT2D eigenvalue weighted by molar-refractivity contribution is 5.98. The third kappa shape index (κ3) is 8.51. The molecule has 0 bridgehead atoms. The lowest BCUT2D eigenvalue weighted by Crippen LogP contribution is -2.14. The van der Waals surface area contributed by atoms with E-state index in [1.165, 1.54) is 19.3 Å². The minimum atomic E-state index is -0.307. The van der Waals surface area contributed by atoms with E-state index < -0.39 is 0 Å². The van der Waals surface area contributed by atoms with Crippen molar-refractivity contribution in [2.75, 3.05) is 13.7 Å². The molecule has 1 aromatic carbocycles. The molecule has 0 saturated carbocycles. The average Bonchev–Trinajstić information content (AvgIpc) is 2.62. The zero-order chi connectivity index (χ0) is 17.6. The van der Waals surface area contributed by atoms with E-state index in [0.717, 1.165) is 25.7 Å². The molecule has 0 saturated heterocycles. The van der Waals surface area contributed by atoms with Crippen LogP contribution in [0.1, 0.15) is 61.7 Å². The number of carbonyl (C=O) groups is 2. The zero-order valence-corrected chi connectivity index (χ0v) is 14.6. The van der Waals surface area contributed by atoms with Crippen LogP contribution in [0.3, 0.4) is 0 Å². The first kappa shape index (κ1) is 19.9. The molecule has 0 aliphatic heterocycles. The van der Waals surface area contributed by atoms with Crippen LogP contribution in [0.5, 0.6) is 5.75 Å². The molecule has 0 heterocycles. The van der Waals surface area contributed by atoms with Gasteiger partial charge in [0.05, 0.1) is 7.11 Å². The molecule has 0 aromatic heterocycles. The summed E-state index contributed by atoms with van der Waals surface area (Å²) in [7, 11) is 1.54. The first-order valence-corrected chi connectivity index (χ1v) is 8.61. The molecule has 0 unspecified atom stereocenters. The molecule has 0 aliphatic rings. The van der Waals surface area contributed by atoms with Crippen LogP contribution in [-0.2, 0) is 9.53 Å². The number of Topliss-reactive ketones (excluding diaryl/α,β-unsaturated/α-hetero) is 1. The van der Waals surface area contributed by atoms with Crippen LogP contribution in [0, 0.1) is 0 Å². The number of hydrogen-bond acceptors (Lipinski definition) is 4. The molecule has 0 aliphatic carbocycles. The fourth-order valence-corrected chi connectivity index (χ4v) is 2.36. The van der Waals surface area contributed by atoms with E-state index in [2.05, 4.69) is 6.58 Å². The SMILES string of the molecule is C=CCCCCCCCCC(=O)OCC(=O)c1cccc(OC)c1. The Labute approximate surface area is 144 Å². The second-order valence-electron chi connectivity index (χ2n) is 5.76. The summed E-state index contributed by atoms with van der Waals surface area (Å²) in [6.45, 7) is 3.49. The van der Waals surface area contributed by atoms with Crippen molar-refractivity contribution in [3.63, 3.8) is 0 Å². The lowest BCUT2D eigenvalue weighted by Gasteiger charge is -2.06. The van der Waals surface area contributed by atoms with Gasteiger partial charge in [-0.3, -0.25) is 9.59 Å². The Bertz CT molecular complexity index is 522. The third-order valence-electron chi connectivity index (χ3n) is 3.80. The number of methoxy groups -OCH3 is 1. The maximum atomic E-state index is 12.0. The number of benzene rings is 1. The van der Waals surface area contributed by atoms with Crippen LogP contribution in [0.15, 0.2) is 36.9 Å². The molecule has 4 heteroatoms. The van der Waals surface area contributed by atoms with Gasteiger partial charge in [-0.05, 0) is 31.4 Å². The van der Waals surface area contributed by atoms with Gasteiger partial charge < -0.3 is 9.47 Å². The Kier molecular flexibility index (Phi) is 10.3. The highest BCUT2D eigenvalue weighted by Gasteiger charge is 2.10. The highest BCUT2D eigenvalue weighted by atomic mass is 16.5. The summed E-state index contributed by atoms with van der Waals surface area (Å²) in [4.78, 5) is 23.6. The summed E-state index contributed by atoms with van der Waals surface area (Å²) in [5.41, 5.74) is 0.488. The number of ketones is 1. The summed E-state index contributed by atoms with van der Waals surface area (Å²) in [5, 5.41) is 0. The molecule has 0 amide bonds. The fourth-order valence-electron chi connectivity index (χ4n) is 2.36. The molecule has 0 spiro atoms. The summed E-state index contributed by atoms with van der Waals surface area (Å²) in [5.74, 6) is 0.0858. The van der Waals surface area contributed by atoms with Crippen molar-refractivity contribution in [2.45, 2.75) is 51.4 Å². The lowest BCUT2D eigenvalue weighted by molar-refractivity contribution is -0.142. The minimum absolute atomic E-state index is 0.215. The van der Waals surface area contributed by atoms with Gasteiger partial charge in [-0.15, -0.1) is 6.58 Å². The van der Waals surface area contributed by atoms with Crippen LogP contribution in [-0.4, -0.2) is 25.5 Å². The van der Waals surface area contributed by atoms with E-state index in [4.69, 9.17) is 9.47 Å². The molecule has 0 radical (unpaired) electrons. The van der Waals surface area contributed by atoms with Gasteiger partial charge in [-0.25, -0.2) is 0 Å². The molecule has 1 aromatic rings. The maximum absolute atomic E-state index is 12.0. The maximum Gasteiger partial charge on any atom is 0.306 e. The second-order valence-corrected chi connectivity index (χ2v) is 5.76. The third-order valence-corrected chi connectivity index (χ3v) is 3.80. The minimum Gasteiger partial charge on any atom is -0.497 e. The largest absolute Gasteiger partial charge is 0.497 e. The molecule has 4 nitrogen and oxygen atoms in total. The van der Waals surface area contributed by atoms with Crippen molar-refractivity contribution in [1.29, 1.82) is 0 Å². The van der Waals surface area contributed by atoms with Gasteiger partial charge in [0.2, 0.25) is 0 Å². The fraction of sp³-hybridized carbons (Fsp3) is 0.500. The predicted molar refractivity (Wildman–Crippen MR) is 95.4 cm³/mol. The molecule has 24 heavy (non-hydrogen) atoms. The Balaban J connectivity index is 2.12. The van der Waals surface area contributed by atoms with Gasteiger partial charge in [0.25, 0.3) is 0 Å². The number of unbranched alkanes of at least 4 members (excludes halogenated alkanes) is 6. The average molecular weight is 332 g/mol. The Morgan fingerprint density at radius 1 is 1.08 bits per heavy atom. The van der Waals surface area contributed by atoms with Crippen LogP contribution in [0.2, 0.25) is 0 Å². The Morgan fingerprint density at radius 2 is 1.79 bits per heavy atom. The van der Waals surface area contributed by atoms with E-state index >= 15 is 0 Å². The number of allylic oxidation sites excluding steroid dienone is 1. The van der Waals surface area contributed by atoms with Crippen molar-refractivity contribution >= 4 is 11.8 Å². The van der Waals surface area contributed by atoms with Crippen molar-refractivity contribution < 1.29 is 19.1 Å². The van der Waals surface area contributed by atoms with E-state index in [1.54, 1.807) is 31.4 Å². The van der Waals surface area contributed by atoms with Crippen LogP contribution in [0.25, 0.3) is 0 Å². The van der Waals surface area contributed by atoms with Gasteiger partial charge >= 0.3 is 5.97 Å². The summed E-state index contributed by atoms with van der Waals surface area (Å²) in [6.07, 6.45) is 9.96. The van der Waals surface area contributed by atoms with Crippen molar-refractivity contribution in [3.05, 3.63) is 42.5 Å². The van der Waals surface area contributed by atoms with E-state index in [1.807, 2.05) is 6.08 Å². The van der Waals surface area contributed by atoms with Crippen molar-refractivity contribution in [3.8, 4) is 5.75 Å². The van der Waals surface area contributed by atoms with Crippen LogP contribution >= 0.6 is 0 Å². The van der Waals surface area contributed by atoms with E-state index in [9.17, 15) is 9.59 Å². The Morgan fingerprint density at radius 3 is 2.50 bits per heavy atom. The summed E-state index contributed by atoms with van der Waals surface area (Å²) < 4.78 is 10.1. The van der Waals surface area contributed by atoms with Crippen molar-refractivity contribution in [1.82, 2.24) is 0 Å². The zero-order valence-electron chi connectivity index (χ0n) is 14.6. The number of carbonyl (C=O) groups excluding carboxylic acids is 2. The quantitative estimate of drug-likeness (QED) is 0.227. The first-order valence-electron chi connectivity index (χ1n) is 8.61. The standard InChI is InChI=1S/C20H28O4/c1-3-4-5-6-7-8-9-10-14-20(22)24-16-19(21)17-12-11-13-18(15-17)23-2/h3,11-13,15H,1,4-10,14,16H2,2H3. The Hall–Kier alpha value is -2.10. The van der Waals surface area contributed by atoms with Crippen molar-refractivity contribution in [2.24, 2.45) is 0 Å². The lowest BCUT2D eigenvalue weighted by atomic mass is 10.1. The first-order chi connectivity index (χ1) is 11.7. The molecular weight excluding hydrogens is 304 g/mol. The van der Waals surface area contributed by atoms with Crippen LogP contribution < -0.4 is 4.74 Å². The smallest absolute Gasteiger partial charge is 0.306 e.